The molecular weight excluding hydrogens is 366 g/mol. The van der Waals surface area contributed by atoms with Crippen LogP contribution in [0.3, 0.4) is 0 Å². The minimum absolute atomic E-state index is 0.143. The lowest BCUT2D eigenvalue weighted by Crippen LogP contribution is -2.53. The summed E-state index contributed by atoms with van der Waals surface area (Å²) in [5.41, 5.74) is -0.615. The second-order valence-electron chi connectivity index (χ2n) is 3.93. The van der Waals surface area contributed by atoms with Crippen molar-refractivity contribution >= 4 is 43.6 Å². The molecule has 0 saturated carbocycles. The topological polar surface area (TPSA) is 72.0 Å². The number of carbonyl (C=O) groups excluding carboxylic acids is 2. The Balaban J connectivity index is 2.87. The highest BCUT2D eigenvalue weighted by Gasteiger charge is 2.36. The molecule has 0 aliphatic carbocycles. The Hall–Kier alpha value is -0.820. The van der Waals surface area contributed by atoms with Crippen LogP contribution < -0.4 is 5.32 Å². The number of amides is 1. The molecule has 1 amide bonds. The third-order valence-corrected chi connectivity index (χ3v) is 3.49. The van der Waals surface area contributed by atoms with Gasteiger partial charge in [-0.3, -0.25) is 9.59 Å². The Morgan fingerprint density at radius 3 is 2.39 bits per heavy atom. The quantitative estimate of drug-likeness (QED) is 0.796. The molecule has 0 saturated heterocycles. The zero-order valence-corrected chi connectivity index (χ0v) is 13.2. The number of aromatic nitrogens is 2. The van der Waals surface area contributed by atoms with Gasteiger partial charge in [0.25, 0.3) is 5.91 Å². The molecule has 1 atom stereocenters. The van der Waals surface area contributed by atoms with Crippen LogP contribution in [0, 0.1) is 0 Å². The standard InChI is InChI=1S/C11H13Br2N3O2/c1-3-11(2,8(17)9(12)13)16-10(18)7-4-14-6-15-5-7/h4-6,9H,3H2,1-2H3,(H,16,18). The van der Waals surface area contributed by atoms with E-state index in [1.165, 1.54) is 18.7 Å². The molecule has 0 radical (unpaired) electrons. The molecule has 0 bridgehead atoms. The molecule has 1 rings (SSSR count). The van der Waals surface area contributed by atoms with E-state index >= 15 is 0 Å². The summed E-state index contributed by atoms with van der Waals surface area (Å²) in [6, 6.07) is 0. The lowest BCUT2D eigenvalue weighted by Gasteiger charge is -2.28. The fourth-order valence-electron chi connectivity index (χ4n) is 1.30. The first-order valence-corrected chi connectivity index (χ1v) is 7.14. The van der Waals surface area contributed by atoms with Crippen molar-refractivity contribution in [2.75, 3.05) is 0 Å². The normalized spacial score (nSPS) is 14.1. The smallest absolute Gasteiger partial charge is 0.255 e. The van der Waals surface area contributed by atoms with Gasteiger partial charge in [0.2, 0.25) is 0 Å². The van der Waals surface area contributed by atoms with E-state index in [0.717, 1.165) is 0 Å². The summed E-state index contributed by atoms with van der Waals surface area (Å²) >= 11 is 6.31. The molecule has 0 fully saturated rings. The van der Waals surface area contributed by atoms with Gasteiger partial charge in [-0.25, -0.2) is 9.97 Å². The Labute approximate surface area is 122 Å². The largest absolute Gasteiger partial charge is 0.340 e. The van der Waals surface area contributed by atoms with Crippen molar-refractivity contribution in [1.29, 1.82) is 0 Å². The fourth-order valence-corrected chi connectivity index (χ4v) is 2.31. The van der Waals surface area contributed by atoms with E-state index in [2.05, 4.69) is 47.1 Å². The third-order valence-electron chi connectivity index (χ3n) is 2.66. The van der Waals surface area contributed by atoms with Gasteiger partial charge < -0.3 is 5.32 Å². The first kappa shape index (κ1) is 15.2. The molecular formula is C11H13Br2N3O2. The van der Waals surface area contributed by atoms with Gasteiger partial charge >= 0.3 is 0 Å². The number of hydrogen-bond acceptors (Lipinski definition) is 4. The lowest BCUT2D eigenvalue weighted by atomic mass is 9.94. The van der Waals surface area contributed by atoms with Crippen molar-refractivity contribution in [3.63, 3.8) is 0 Å². The van der Waals surface area contributed by atoms with Crippen molar-refractivity contribution in [3.05, 3.63) is 24.3 Å². The van der Waals surface area contributed by atoms with E-state index in [-0.39, 0.29) is 11.7 Å². The van der Waals surface area contributed by atoms with Crippen LogP contribution >= 0.6 is 31.9 Å². The number of ketones is 1. The number of nitrogens with zero attached hydrogens (tertiary/aromatic N) is 2. The van der Waals surface area contributed by atoms with Gasteiger partial charge in [0.1, 0.15) is 10.1 Å². The minimum atomic E-state index is -0.940. The summed E-state index contributed by atoms with van der Waals surface area (Å²) in [6.45, 7) is 3.52. The maximum absolute atomic E-state index is 12.0. The highest BCUT2D eigenvalue weighted by Crippen LogP contribution is 2.21. The maximum atomic E-state index is 12.0. The molecule has 1 aromatic heterocycles. The molecule has 0 aliphatic heterocycles. The number of rotatable bonds is 5. The molecule has 5 nitrogen and oxygen atoms in total. The molecule has 98 valence electrons. The van der Waals surface area contributed by atoms with Crippen LogP contribution in [-0.4, -0.2) is 30.9 Å². The summed E-state index contributed by atoms with van der Waals surface area (Å²) in [5.74, 6) is -0.510. The van der Waals surface area contributed by atoms with Crippen LogP contribution in [-0.2, 0) is 4.79 Å². The van der Waals surface area contributed by atoms with Crippen molar-refractivity contribution < 1.29 is 9.59 Å². The van der Waals surface area contributed by atoms with Crippen LogP contribution in [0.1, 0.15) is 30.6 Å². The fraction of sp³-hybridized carbons (Fsp3) is 0.455. The first-order chi connectivity index (χ1) is 8.40. The second-order valence-corrected chi connectivity index (χ2v) is 6.99. The van der Waals surface area contributed by atoms with Crippen LogP contribution in [0.4, 0.5) is 0 Å². The van der Waals surface area contributed by atoms with Crippen molar-refractivity contribution in [2.24, 2.45) is 0 Å². The number of halogens is 2. The van der Waals surface area contributed by atoms with Gasteiger partial charge in [-0.1, -0.05) is 38.8 Å². The summed E-state index contributed by atoms with van der Waals surface area (Å²) in [6.07, 6.45) is 4.64. The Morgan fingerprint density at radius 1 is 1.39 bits per heavy atom. The second kappa shape index (κ2) is 6.38. The maximum Gasteiger partial charge on any atom is 0.255 e. The first-order valence-electron chi connectivity index (χ1n) is 5.30. The number of carbonyl (C=O) groups is 2. The Kier molecular flexibility index (Phi) is 5.40. The van der Waals surface area contributed by atoms with E-state index in [9.17, 15) is 9.59 Å². The molecule has 0 spiro atoms. The highest BCUT2D eigenvalue weighted by atomic mass is 79.9. The molecule has 1 N–H and O–H groups in total. The average Bonchev–Trinajstić information content (AvgIpc) is 2.38. The van der Waals surface area contributed by atoms with Gasteiger partial charge in [-0.05, 0) is 13.3 Å². The predicted molar refractivity (Wildman–Crippen MR) is 74.8 cm³/mol. The van der Waals surface area contributed by atoms with Gasteiger partial charge in [-0.15, -0.1) is 0 Å². The van der Waals surface area contributed by atoms with Crippen molar-refractivity contribution in [3.8, 4) is 0 Å². The molecule has 0 aromatic carbocycles. The molecule has 1 heterocycles. The predicted octanol–water partition coefficient (Wildman–Crippen LogP) is 2.06. The van der Waals surface area contributed by atoms with Crippen LogP contribution in [0.5, 0.6) is 0 Å². The SMILES string of the molecule is CCC(C)(NC(=O)c1cncnc1)C(=O)C(Br)Br. The van der Waals surface area contributed by atoms with Crippen molar-refractivity contribution in [1.82, 2.24) is 15.3 Å². The summed E-state index contributed by atoms with van der Waals surface area (Å²) in [7, 11) is 0. The van der Waals surface area contributed by atoms with Gasteiger partial charge in [0, 0.05) is 12.4 Å². The van der Waals surface area contributed by atoms with Crippen molar-refractivity contribution in [2.45, 2.75) is 29.5 Å². The van der Waals surface area contributed by atoms with Crippen LogP contribution in [0.2, 0.25) is 0 Å². The number of alkyl halides is 2. The third kappa shape index (κ3) is 3.58. The number of hydrogen-bond donors (Lipinski definition) is 1. The van der Waals surface area contributed by atoms with Crippen LogP contribution in [0.25, 0.3) is 0 Å². The molecule has 1 unspecified atom stereocenters. The molecule has 7 heteroatoms. The van der Waals surface area contributed by atoms with Crippen LogP contribution in [0.15, 0.2) is 18.7 Å². The zero-order chi connectivity index (χ0) is 13.8. The summed E-state index contributed by atoms with van der Waals surface area (Å²) < 4.78 is -0.498. The van der Waals surface area contributed by atoms with E-state index in [4.69, 9.17) is 0 Å². The lowest BCUT2D eigenvalue weighted by molar-refractivity contribution is -0.122. The molecule has 18 heavy (non-hydrogen) atoms. The summed E-state index contributed by atoms with van der Waals surface area (Å²) in [5, 5.41) is 2.71. The summed E-state index contributed by atoms with van der Waals surface area (Å²) in [4.78, 5) is 31.5. The van der Waals surface area contributed by atoms with E-state index in [0.29, 0.717) is 12.0 Å². The van der Waals surface area contributed by atoms with Gasteiger partial charge in [0.15, 0.2) is 5.78 Å². The monoisotopic (exact) mass is 377 g/mol. The molecule has 1 aromatic rings. The Bertz CT molecular complexity index is 439. The minimum Gasteiger partial charge on any atom is -0.340 e. The zero-order valence-electron chi connectivity index (χ0n) is 9.98. The van der Waals surface area contributed by atoms with E-state index in [1.807, 2.05) is 6.92 Å². The number of nitrogens with one attached hydrogen (secondary N) is 1. The van der Waals surface area contributed by atoms with Gasteiger partial charge in [-0.2, -0.15) is 0 Å². The van der Waals surface area contributed by atoms with E-state index in [1.54, 1.807) is 6.92 Å². The number of Topliss-reactive ketones (excluding diaryl/α,β-unsaturated/α-hetero) is 1. The average molecular weight is 379 g/mol. The molecule has 0 aliphatic rings. The van der Waals surface area contributed by atoms with Gasteiger partial charge in [0.05, 0.1) is 11.1 Å². The van der Waals surface area contributed by atoms with E-state index < -0.39 is 9.28 Å². The Morgan fingerprint density at radius 2 is 1.94 bits per heavy atom. The highest BCUT2D eigenvalue weighted by molar-refractivity contribution is 9.25.